The van der Waals surface area contributed by atoms with Gasteiger partial charge >= 0.3 is 0 Å². The molecule has 0 rings (SSSR count). The van der Waals surface area contributed by atoms with Crippen LogP contribution in [0.15, 0.2) is 12.2 Å². The summed E-state index contributed by atoms with van der Waals surface area (Å²) in [6.07, 6.45) is 57.7. The van der Waals surface area contributed by atoms with Gasteiger partial charge in [0.25, 0.3) is 0 Å². The molecule has 0 radical (unpaired) electrons. The number of carbonyl (C=O) groups is 1. The molecule has 0 heterocycles. The number of hydrogen-bond acceptors (Lipinski definition) is 3. The summed E-state index contributed by atoms with van der Waals surface area (Å²) in [7, 11) is 0. The zero-order valence-corrected chi connectivity index (χ0v) is 36.3. The van der Waals surface area contributed by atoms with Crippen molar-refractivity contribution in [2.75, 3.05) is 6.61 Å². The van der Waals surface area contributed by atoms with Crippen LogP contribution in [0.2, 0.25) is 0 Å². The van der Waals surface area contributed by atoms with Crippen LogP contribution in [0.25, 0.3) is 0 Å². The van der Waals surface area contributed by atoms with E-state index in [2.05, 4.69) is 19.2 Å². The van der Waals surface area contributed by atoms with Crippen LogP contribution in [0, 0.1) is 0 Å². The number of hydrogen-bond donors (Lipinski definition) is 3. The van der Waals surface area contributed by atoms with Gasteiger partial charge in [0.1, 0.15) is 0 Å². The fourth-order valence-electron chi connectivity index (χ4n) is 7.77. The van der Waals surface area contributed by atoms with Gasteiger partial charge in [0.05, 0.1) is 18.8 Å². The van der Waals surface area contributed by atoms with Crippen molar-refractivity contribution < 1.29 is 15.0 Å². The molecule has 1 amide bonds. The Hall–Kier alpha value is -0.870. The Morgan fingerprint density at radius 3 is 0.981 bits per heavy atom. The normalized spacial score (nSPS) is 12.9. The Kier molecular flexibility index (Phi) is 44.8. The molecule has 4 heteroatoms. The molecule has 2 unspecified atom stereocenters. The first-order valence-electron chi connectivity index (χ1n) is 24.4. The second kappa shape index (κ2) is 45.5. The summed E-state index contributed by atoms with van der Waals surface area (Å²) in [5.41, 5.74) is 0. The monoisotopic (exact) mass is 748 g/mol. The van der Waals surface area contributed by atoms with Gasteiger partial charge < -0.3 is 15.5 Å². The van der Waals surface area contributed by atoms with E-state index in [0.717, 1.165) is 25.7 Å². The minimum atomic E-state index is -0.834. The number of carbonyl (C=O) groups excluding carboxylic acids is 1. The second-order valence-electron chi connectivity index (χ2n) is 16.9. The fourth-order valence-corrected chi connectivity index (χ4v) is 7.77. The average molecular weight is 748 g/mol. The largest absolute Gasteiger partial charge is 0.394 e. The van der Waals surface area contributed by atoms with Crippen LogP contribution < -0.4 is 5.32 Å². The minimum Gasteiger partial charge on any atom is -0.394 e. The van der Waals surface area contributed by atoms with Gasteiger partial charge in [-0.1, -0.05) is 264 Å². The van der Waals surface area contributed by atoms with Crippen molar-refractivity contribution in [3.63, 3.8) is 0 Å². The van der Waals surface area contributed by atoms with Gasteiger partial charge in [-0.25, -0.2) is 0 Å². The highest BCUT2D eigenvalue weighted by Crippen LogP contribution is 2.17. The van der Waals surface area contributed by atoms with Crippen LogP contribution in [-0.4, -0.2) is 34.9 Å². The first kappa shape index (κ1) is 52.1. The molecule has 0 aromatic carbocycles. The molecule has 0 bridgehead atoms. The van der Waals surface area contributed by atoms with Crippen molar-refractivity contribution in [2.45, 2.75) is 289 Å². The zero-order chi connectivity index (χ0) is 38.6. The van der Waals surface area contributed by atoms with Crippen LogP contribution in [-0.2, 0) is 4.79 Å². The Bertz CT molecular complexity index is 725. The maximum absolute atomic E-state index is 12.4. The zero-order valence-electron chi connectivity index (χ0n) is 36.3. The summed E-state index contributed by atoms with van der Waals surface area (Å²) in [6.45, 7) is 4.33. The molecule has 0 spiro atoms. The minimum absolute atomic E-state index is 0.0596. The number of aliphatic hydroxyl groups is 2. The van der Waals surface area contributed by atoms with Crippen molar-refractivity contribution in [1.82, 2.24) is 5.32 Å². The maximum atomic E-state index is 12.4. The molecule has 3 N–H and O–H groups in total. The van der Waals surface area contributed by atoms with E-state index in [4.69, 9.17) is 0 Å². The fraction of sp³-hybridized carbons (Fsp3) is 0.939. The van der Waals surface area contributed by atoms with Crippen molar-refractivity contribution in [3.8, 4) is 0 Å². The number of allylic oxidation sites excluding steroid dienone is 1. The van der Waals surface area contributed by atoms with Gasteiger partial charge in [-0.2, -0.15) is 0 Å². The van der Waals surface area contributed by atoms with Crippen LogP contribution in [0.4, 0.5) is 0 Å². The summed E-state index contributed by atoms with van der Waals surface area (Å²) < 4.78 is 0. The number of unbranched alkanes of at least 4 members (excludes halogenated alkanes) is 38. The number of nitrogens with one attached hydrogen (secondary N) is 1. The molecular weight excluding hydrogens is 651 g/mol. The molecule has 53 heavy (non-hydrogen) atoms. The topological polar surface area (TPSA) is 69.6 Å². The lowest BCUT2D eigenvalue weighted by Crippen LogP contribution is -2.45. The van der Waals surface area contributed by atoms with Crippen molar-refractivity contribution >= 4 is 5.91 Å². The van der Waals surface area contributed by atoms with E-state index in [1.165, 1.54) is 231 Å². The van der Waals surface area contributed by atoms with E-state index < -0.39 is 12.1 Å². The summed E-state index contributed by atoms with van der Waals surface area (Å²) in [4.78, 5) is 12.4. The highest BCUT2D eigenvalue weighted by Gasteiger charge is 2.18. The second-order valence-corrected chi connectivity index (χ2v) is 16.9. The molecule has 2 atom stereocenters. The predicted molar refractivity (Wildman–Crippen MR) is 235 cm³/mol. The van der Waals surface area contributed by atoms with Gasteiger partial charge in [0.15, 0.2) is 0 Å². The third-order valence-corrected chi connectivity index (χ3v) is 11.5. The molecule has 0 fully saturated rings. The van der Waals surface area contributed by atoms with E-state index in [-0.39, 0.29) is 12.5 Å². The van der Waals surface area contributed by atoms with Crippen molar-refractivity contribution in [3.05, 3.63) is 12.2 Å². The lowest BCUT2D eigenvalue weighted by molar-refractivity contribution is -0.123. The molecule has 0 aliphatic rings. The highest BCUT2D eigenvalue weighted by molar-refractivity contribution is 5.76. The lowest BCUT2D eigenvalue weighted by atomic mass is 10.0. The third kappa shape index (κ3) is 42.1. The van der Waals surface area contributed by atoms with E-state index in [1.807, 2.05) is 6.08 Å². The van der Waals surface area contributed by atoms with Crippen molar-refractivity contribution in [2.24, 2.45) is 0 Å². The van der Waals surface area contributed by atoms with E-state index in [9.17, 15) is 15.0 Å². The molecule has 0 aromatic rings. The van der Waals surface area contributed by atoms with Gasteiger partial charge in [-0.05, 0) is 19.3 Å². The van der Waals surface area contributed by atoms with Gasteiger partial charge in [0.2, 0.25) is 5.91 Å². The predicted octanol–water partition coefficient (Wildman–Crippen LogP) is 15.4. The van der Waals surface area contributed by atoms with Crippen LogP contribution in [0.5, 0.6) is 0 Å². The highest BCUT2D eigenvalue weighted by atomic mass is 16.3. The molecule has 0 aliphatic carbocycles. The standard InChI is InChI=1S/C49H97NO3/c1-3-5-7-9-11-13-15-17-19-20-21-22-23-24-25-26-27-28-29-30-31-32-34-36-38-40-42-44-48(52)47(46-51)50-49(53)45-43-41-39-37-35-33-18-16-14-12-10-8-6-4-2/h42,44,47-48,51-52H,3-41,43,45-46H2,1-2H3,(H,50,53)/b44-42+. The van der Waals surface area contributed by atoms with Crippen molar-refractivity contribution in [1.29, 1.82) is 0 Å². The molecule has 0 saturated heterocycles. The molecule has 4 nitrogen and oxygen atoms in total. The average Bonchev–Trinajstić information content (AvgIpc) is 3.16. The lowest BCUT2D eigenvalue weighted by Gasteiger charge is -2.20. The molecule has 0 saturated carbocycles. The van der Waals surface area contributed by atoms with E-state index in [0.29, 0.717) is 6.42 Å². The van der Waals surface area contributed by atoms with Gasteiger partial charge in [-0.3, -0.25) is 4.79 Å². The first-order valence-corrected chi connectivity index (χ1v) is 24.4. The van der Waals surface area contributed by atoms with Crippen LogP contribution in [0.1, 0.15) is 277 Å². The first-order chi connectivity index (χ1) is 26.2. The Labute approximate surface area is 333 Å². The Morgan fingerprint density at radius 1 is 0.434 bits per heavy atom. The van der Waals surface area contributed by atoms with Crippen LogP contribution >= 0.6 is 0 Å². The van der Waals surface area contributed by atoms with E-state index >= 15 is 0 Å². The molecule has 0 aromatic heterocycles. The SMILES string of the molecule is CCCCCCCCCCCCCCCCCCCCCCCCCCC/C=C/C(O)C(CO)NC(=O)CCCCCCCCCCCCCCCC. The quantitative estimate of drug-likeness (QED) is 0.0429. The number of aliphatic hydroxyl groups excluding tert-OH is 2. The molecule has 316 valence electrons. The van der Waals surface area contributed by atoms with E-state index in [1.54, 1.807) is 6.08 Å². The summed E-state index contributed by atoms with van der Waals surface area (Å²) >= 11 is 0. The molecular formula is C49H97NO3. The summed E-state index contributed by atoms with van der Waals surface area (Å²) in [5.74, 6) is -0.0596. The Balaban J connectivity index is 3.46. The van der Waals surface area contributed by atoms with Gasteiger partial charge in [0, 0.05) is 6.42 Å². The number of amides is 1. The number of rotatable bonds is 45. The smallest absolute Gasteiger partial charge is 0.220 e. The maximum Gasteiger partial charge on any atom is 0.220 e. The molecule has 0 aliphatic heterocycles. The third-order valence-electron chi connectivity index (χ3n) is 11.5. The summed E-state index contributed by atoms with van der Waals surface area (Å²) in [5, 5.41) is 23.1. The summed E-state index contributed by atoms with van der Waals surface area (Å²) in [6, 6.07) is -0.616. The van der Waals surface area contributed by atoms with Crippen LogP contribution in [0.3, 0.4) is 0 Å². The van der Waals surface area contributed by atoms with Gasteiger partial charge in [-0.15, -0.1) is 0 Å². The Morgan fingerprint density at radius 2 is 0.698 bits per heavy atom.